The van der Waals surface area contributed by atoms with E-state index in [1.54, 1.807) is 26.2 Å². The average Bonchev–Trinajstić information content (AvgIpc) is 2.47. The third-order valence-corrected chi connectivity index (χ3v) is 4.01. The molecule has 0 aromatic heterocycles. The zero-order valence-corrected chi connectivity index (χ0v) is 14.8. The molecule has 1 rings (SSSR count). The molecule has 0 atom stereocenters. The molecule has 0 saturated carbocycles. The predicted octanol–water partition coefficient (Wildman–Crippen LogP) is 5.40. The molecule has 0 unspecified atom stereocenters. The number of rotatable bonds is 10. The maximum absolute atomic E-state index is 11.7. The van der Waals surface area contributed by atoms with Gasteiger partial charge >= 0.3 is 0 Å². The molecule has 0 radical (unpaired) electrons. The van der Waals surface area contributed by atoms with Crippen LogP contribution in [0.3, 0.4) is 0 Å². The highest BCUT2D eigenvalue weighted by molar-refractivity contribution is 9.10. The lowest BCUT2D eigenvalue weighted by Crippen LogP contribution is -2.04. The van der Waals surface area contributed by atoms with Gasteiger partial charge < -0.3 is 9.47 Å². The van der Waals surface area contributed by atoms with Gasteiger partial charge in [-0.1, -0.05) is 39.0 Å². The molecule has 118 valence electrons. The highest BCUT2D eigenvalue weighted by Gasteiger charge is 2.13. The van der Waals surface area contributed by atoms with Gasteiger partial charge in [0.1, 0.15) is 11.5 Å². The number of hydrogen-bond acceptors (Lipinski definition) is 3. The second kappa shape index (κ2) is 9.82. The molecule has 0 aliphatic rings. The summed E-state index contributed by atoms with van der Waals surface area (Å²) in [5.74, 6) is 1.28. The Balaban J connectivity index is 2.55. The van der Waals surface area contributed by atoms with Crippen LogP contribution in [-0.4, -0.2) is 19.5 Å². The van der Waals surface area contributed by atoms with Gasteiger partial charge in [0.2, 0.25) is 0 Å². The van der Waals surface area contributed by atoms with Crippen LogP contribution in [0.2, 0.25) is 0 Å². The van der Waals surface area contributed by atoms with E-state index in [2.05, 4.69) is 22.9 Å². The second-order valence-electron chi connectivity index (χ2n) is 5.16. The van der Waals surface area contributed by atoms with Crippen molar-refractivity contribution in [2.24, 2.45) is 0 Å². The summed E-state index contributed by atoms with van der Waals surface area (Å²) in [6.07, 6.45) is 7.29. The van der Waals surface area contributed by atoms with Crippen LogP contribution in [0.15, 0.2) is 16.6 Å². The van der Waals surface area contributed by atoms with Crippen molar-refractivity contribution in [3.8, 4) is 11.5 Å². The van der Waals surface area contributed by atoms with Gasteiger partial charge in [0.15, 0.2) is 5.78 Å². The molecule has 0 heterocycles. The molecule has 0 aliphatic carbocycles. The number of carbonyl (C=O) groups is 1. The van der Waals surface area contributed by atoms with Crippen molar-refractivity contribution in [2.75, 3.05) is 13.7 Å². The topological polar surface area (TPSA) is 35.5 Å². The Hall–Kier alpha value is -1.03. The summed E-state index contributed by atoms with van der Waals surface area (Å²) in [5, 5.41) is 0. The lowest BCUT2D eigenvalue weighted by Gasteiger charge is -2.13. The quantitative estimate of drug-likeness (QED) is 0.415. The van der Waals surface area contributed by atoms with Gasteiger partial charge in [-0.15, -0.1) is 0 Å². The van der Waals surface area contributed by atoms with Gasteiger partial charge in [-0.3, -0.25) is 4.79 Å². The summed E-state index contributed by atoms with van der Waals surface area (Å²) in [5.41, 5.74) is 0.591. The van der Waals surface area contributed by atoms with Crippen molar-refractivity contribution in [1.82, 2.24) is 0 Å². The van der Waals surface area contributed by atoms with Gasteiger partial charge in [0.05, 0.1) is 23.8 Å². The van der Waals surface area contributed by atoms with E-state index in [0.29, 0.717) is 23.7 Å². The molecular formula is C17H25BrO3. The van der Waals surface area contributed by atoms with Crippen LogP contribution in [-0.2, 0) is 0 Å². The second-order valence-corrected chi connectivity index (χ2v) is 6.01. The first-order valence-electron chi connectivity index (χ1n) is 7.61. The molecule has 21 heavy (non-hydrogen) atoms. The molecule has 0 amide bonds. The highest BCUT2D eigenvalue weighted by Crippen LogP contribution is 2.33. The first-order chi connectivity index (χ1) is 10.1. The van der Waals surface area contributed by atoms with Crippen molar-refractivity contribution < 1.29 is 14.3 Å². The Morgan fingerprint density at radius 2 is 1.76 bits per heavy atom. The molecule has 0 N–H and O–H groups in total. The minimum atomic E-state index is -0.00343. The fraction of sp³-hybridized carbons (Fsp3) is 0.588. The molecule has 0 saturated heterocycles. The zero-order valence-electron chi connectivity index (χ0n) is 13.2. The van der Waals surface area contributed by atoms with E-state index in [1.165, 1.54) is 32.1 Å². The number of Topliss-reactive ketones (excluding diaryl/α,β-unsaturated/α-hetero) is 1. The Morgan fingerprint density at radius 3 is 2.38 bits per heavy atom. The van der Waals surface area contributed by atoms with E-state index in [9.17, 15) is 4.79 Å². The van der Waals surface area contributed by atoms with Crippen molar-refractivity contribution in [3.05, 3.63) is 22.2 Å². The van der Waals surface area contributed by atoms with Gasteiger partial charge in [-0.2, -0.15) is 0 Å². The van der Waals surface area contributed by atoms with Crippen LogP contribution >= 0.6 is 15.9 Å². The number of benzene rings is 1. The van der Waals surface area contributed by atoms with E-state index in [0.717, 1.165) is 10.9 Å². The number of methoxy groups -OCH3 is 1. The summed E-state index contributed by atoms with van der Waals surface area (Å²) < 4.78 is 11.8. The Kier molecular flexibility index (Phi) is 8.43. The summed E-state index contributed by atoms with van der Waals surface area (Å²) in [7, 11) is 1.60. The lowest BCUT2D eigenvalue weighted by molar-refractivity contribution is 0.101. The standard InChI is InChI=1S/C17H25BrO3/c1-4-5-6-7-8-9-10-21-16-12-17(20-3)15(18)11-14(16)13(2)19/h11-12H,4-10H2,1-3H3. The van der Waals surface area contributed by atoms with E-state index in [1.807, 2.05) is 0 Å². The van der Waals surface area contributed by atoms with Crippen molar-refractivity contribution >= 4 is 21.7 Å². The summed E-state index contributed by atoms with van der Waals surface area (Å²) in [6.45, 7) is 4.40. The number of ketones is 1. The minimum absolute atomic E-state index is 0.00343. The van der Waals surface area contributed by atoms with Gasteiger partial charge in [-0.05, 0) is 35.3 Å². The minimum Gasteiger partial charge on any atom is -0.495 e. The van der Waals surface area contributed by atoms with Crippen LogP contribution in [0.25, 0.3) is 0 Å². The molecule has 0 bridgehead atoms. The van der Waals surface area contributed by atoms with Crippen LogP contribution in [0.1, 0.15) is 62.7 Å². The van der Waals surface area contributed by atoms with Crippen molar-refractivity contribution in [1.29, 1.82) is 0 Å². The smallest absolute Gasteiger partial charge is 0.163 e. The molecule has 3 nitrogen and oxygen atoms in total. The number of halogens is 1. The number of carbonyl (C=O) groups excluding carboxylic acids is 1. The van der Waals surface area contributed by atoms with E-state index in [-0.39, 0.29) is 5.78 Å². The first-order valence-corrected chi connectivity index (χ1v) is 8.40. The molecule has 0 aliphatic heterocycles. The Bertz CT molecular complexity index is 458. The third kappa shape index (κ3) is 6.08. The number of unbranched alkanes of at least 4 members (excludes halogenated alkanes) is 5. The Morgan fingerprint density at radius 1 is 1.10 bits per heavy atom. The lowest BCUT2D eigenvalue weighted by atomic mass is 10.1. The van der Waals surface area contributed by atoms with Crippen LogP contribution in [0.4, 0.5) is 0 Å². The maximum atomic E-state index is 11.7. The molecule has 0 fully saturated rings. The molecular weight excluding hydrogens is 332 g/mol. The fourth-order valence-electron chi connectivity index (χ4n) is 2.15. The van der Waals surface area contributed by atoms with E-state index < -0.39 is 0 Å². The Labute approximate surface area is 136 Å². The predicted molar refractivity (Wildman–Crippen MR) is 89.6 cm³/mol. The van der Waals surface area contributed by atoms with E-state index in [4.69, 9.17) is 9.47 Å². The van der Waals surface area contributed by atoms with Gasteiger partial charge in [0.25, 0.3) is 0 Å². The molecule has 1 aromatic carbocycles. The highest BCUT2D eigenvalue weighted by atomic mass is 79.9. The first kappa shape index (κ1) is 18.0. The maximum Gasteiger partial charge on any atom is 0.163 e. The number of ether oxygens (including phenoxy) is 2. The zero-order chi connectivity index (χ0) is 15.7. The molecule has 0 spiro atoms. The molecule has 1 aromatic rings. The van der Waals surface area contributed by atoms with Crippen molar-refractivity contribution in [2.45, 2.75) is 52.4 Å². The van der Waals surface area contributed by atoms with Gasteiger partial charge in [-0.25, -0.2) is 0 Å². The number of hydrogen-bond donors (Lipinski definition) is 0. The van der Waals surface area contributed by atoms with E-state index >= 15 is 0 Å². The van der Waals surface area contributed by atoms with Crippen LogP contribution in [0.5, 0.6) is 11.5 Å². The van der Waals surface area contributed by atoms with Gasteiger partial charge in [0, 0.05) is 6.07 Å². The van der Waals surface area contributed by atoms with Crippen LogP contribution in [0, 0.1) is 0 Å². The monoisotopic (exact) mass is 356 g/mol. The SMILES string of the molecule is CCCCCCCCOc1cc(OC)c(Br)cc1C(C)=O. The molecule has 4 heteroatoms. The van der Waals surface area contributed by atoms with Crippen molar-refractivity contribution in [3.63, 3.8) is 0 Å². The normalized spacial score (nSPS) is 10.5. The third-order valence-electron chi connectivity index (χ3n) is 3.39. The summed E-state index contributed by atoms with van der Waals surface area (Å²) in [6, 6.07) is 3.54. The fourth-order valence-corrected chi connectivity index (χ4v) is 2.66. The summed E-state index contributed by atoms with van der Waals surface area (Å²) >= 11 is 3.39. The largest absolute Gasteiger partial charge is 0.495 e. The average molecular weight is 357 g/mol. The van der Waals surface area contributed by atoms with Crippen LogP contribution < -0.4 is 9.47 Å². The summed E-state index contributed by atoms with van der Waals surface area (Å²) in [4.78, 5) is 11.7.